The third-order valence-electron chi connectivity index (χ3n) is 1.96. The van der Waals surface area contributed by atoms with Gasteiger partial charge in [0.05, 0.1) is 0 Å². The Morgan fingerprint density at radius 2 is 2.14 bits per heavy atom. The van der Waals surface area contributed by atoms with E-state index < -0.39 is 11.7 Å². The molecule has 14 heavy (non-hydrogen) atoms. The molecule has 1 unspecified atom stereocenters. The average molecular weight is 196 g/mol. The second-order valence-electron chi connectivity index (χ2n) is 4.46. The predicted molar refractivity (Wildman–Crippen MR) is 55.7 cm³/mol. The molecule has 0 amide bonds. The smallest absolute Gasteiger partial charge is 0.128 e. The maximum absolute atomic E-state index is 13.7. The zero-order valence-electron chi connectivity index (χ0n) is 8.92. The summed E-state index contributed by atoms with van der Waals surface area (Å²) in [4.78, 5) is 3.95. The minimum atomic E-state index is -1.03. The Kier molecular flexibility index (Phi) is 3.21. The monoisotopic (exact) mass is 196 g/mol. The number of pyridine rings is 1. The maximum atomic E-state index is 13.7. The van der Waals surface area contributed by atoms with Crippen LogP contribution in [0.2, 0.25) is 0 Å². The van der Waals surface area contributed by atoms with Crippen molar-refractivity contribution >= 4 is 0 Å². The Morgan fingerprint density at radius 3 is 2.64 bits per heavy atom. The minimum Gasteiger partial charge on any atom is -0.325 e. The van der Waals surface area contributed by atoms with Gasteiger partial charge in [-0.2, -0.15) is 0 Å². The van der Waals surface area contributed by atoms with E-state index in [2.05, 4.69) is 4.98 Å². The van der Waals surface area contributed by atoms with Gasteiger partial charge in [-0.25, -0.2) is 4.39 Å². The molecule has 0 fully saturated rings. The second-order valence-corrected chi connectivity index (χ2v) is 4.46. The lowest BCUT2D eigenvalue weighted by Gasteiger charge is -2.21. The molecule has 1 heterocycles. The summed E-state index contributed by atoms with van der Waals surface area (Å²) in [5, 5.41) is 0. The van der Waals surface area contributed by atoms with Crippen LogP contribution in [0.1, 0.15) is 37.6 Å². The molecule has 0 aliphatic rings. The standard InChI is InChI=1S/C11H17FN2/c1-8-4-9(7-14-6-8)10(12)5-11(2,3)13/h4,6-7,10H,5,13H2,1-3H3. The highest BCUT2D eigenvalue weighted by atomic mass is 19.1. The number of aromatic nitrogens is 1. The first-order chi connectivity index (χ1) is 6.38. The van der Waals surface area contributed by atoms with Gasteiger partial charge in [-0.3, -0.25) is 4.98 Å². The van der Waals surface area contributed by atoms with Crippen molar-refractivity contribution in [2.45, 2.75) is 38.9 Å². The first-order valence-corrected chi connectivity index (χ1v) is 4.73. The summed E-state index contributed by atoms with van der Waals surface area (Å²) in [6.45, 7) is 5.54. The molecule has 2 N–H and O–H groups in total. The fourth-order valence-corrected chi connectivity index (χ4v) is 1.33. The van der Waals surface area contributed by atoms with Crippen LogP contribution in [0.5, 0.6) is 0 Å². The molecule has 78 valence electrons. The summed E-state index contributed by atoms with van der Waals surface area (Å²) in [5.74, 6) is 0. The van der Waals surface area contributed by atoms with E-state index in [1.54, 1.807) is 12.4 Å². The number of nitrogens with zero attached hydrogens (tertiary/aromatic N) is 1. The molecule has 0 radical (unpaired) electrons. The second kappa shape index (κ2) is 4.05. The lowest BCUT2D eigenvalue weighted by Crippen LogP contribution is -2.33. The van der Waals surface area contributed by atoms with E-state index in [4.69, 9.17) is 5.73 Å². The highest BCUT2D eigenvalue weighted by Gasteiger charge is 2.20. The highest BCUT2D eigenvalue weighted by molar-refractivity contribution is 5.19. The van der Waals surface area contributed by atoms with Crippen LogP contribution >= 0.6 is 0 Å². The molecular formula is C11H17FN2. The maximum Gasteiger partial charge on any atom is 0.128 e. The first kappa shape index (κ1) is 11.1. The van der Waals surface area contributed by atoms with E-state index in [1.807, 2.05) is 26.8 Å². The summed E-state index contributed by atoms with van der Waals surface area (Å²) in [6.07, 6.45) is 2.56. The zero-order valence-corrected chi connectivity index (χ0v) is 8.92. The Hall–Kier alpha value is -0.960. The summed E-state index contributed by atoms with van der Waals surface area (Å²) >= 11 is 0. The largest absolute Gasteiger partial charge is 0.325 e. The third kappa shape index (κ3) is 3.42. The van der Waals surface area contributed by atoms with Crippen LogP contribution in [0.3, 0.4) is 0 Å². The van der Waals surface area contributed by atoms with Crippen molar-refractivity contribution in [2.75, 3.05) is 0 Å². The molecule has 3 heteroatoms. The number of hydrogen-bond acceptors (Lipinski definition) is 2. The van der Waals surface area contributed by atoms with Crippen LogP contribution in [0, 0.1) is 6.92 Å². The van der Waals surface area contributed by atoms with Crippen molar-refractivity contribution in [3.8, 4) is 0 Å². The number of hydrogen-bond donors (Lipinski definition) is 1. The van der Waals surface area contributed by atoms with Crippen LogP contribution in [-0.4, -0.2) is 10.5 Å². The van der Waals surface area contributed by atoms with Gasteiger partial charge in [-0.05, 0) is 26.3 Å². The van der Waals surface area contributed by atoms with E-state index in [-0.39, 0.29) is 0 Å². The average Bonchev–Trinajstić information content (AvgIpc) is 2.01. The van der Waals surface area contributed by atoms with E-state index in [0.717, 1.165) is 5.56 Å². The quantitative estimate of drug-likeness (QED) is 0.806. The molecule has 1 aromatic heterocycles. The van der Waals surface area contributed by atoms with Crippen molar-refractivity contribution in [2.24, 2.45) is 5.73 Å². The number of aryl methyl sites for hydroxylation is 1. The number of rotatable bonds is 3. The van der Waals surface area contributed by atoms with Crippen LogP contribution in [0.25, 0.3) is 0 Å². The molecule has 0 aliphatic carbocycles. The number of halogens is 1. The number of alkyl halides is 1. The molecule has 1 atom stereocenters. The van der Waals surface area contributed by atoms with Gasteiger partial charge >= 0.3 is 0 Å². The number of nitrogens with two attached hydrogens (primary N) is 1. The van der Waals surface area contributed by atoms with Gasteiger partial charge in [0.2, 0.25) is 0 Å². The molecule has 1 aromatic rings. The Bertz CT molecular complexity index is 304. The van der Waals surface area contributed by atoms with Crippen molar-refractivity contribution in [1.82, 2.24) is 4.98 Å². The fraction of sp³-hybridized carbons (Fsp3) is 0.545. The Morgan fingerprint density at radius 1 is 1.50 bits per heavy atom. The van der Waals surface area contributed by atoms with Crippen molar-refractivity contribution < 1.29 is 4.39 Å². The van der Waals surface area contributed by atoms with Crippen molar-refractivity contribution in [3.05, 3.63) is 29.6 Å². The van der Waals surface area contributed by atoms with Crippen LogP contribution in [0.15, 0.2) is 18.5 Å². The summed E-state index contributed by atoms with van der Waals surface area (Å²) < 4.78 is 13.7. The van der Waals surface area contributed by atoms with Gasteiger partial charge in [0.25, 0.3) is 0 Å². The SMILES string of the molecule is Cc1cncc(C(F)CC(C)(C)N)c1. The zero-order chi connectivity index (χ0) is 10.8. The summed E-state index contributed by atoms with van der Waals surface area (Å²) in [5.41, 5.74) is 6.85. The molecule has 0 spiro atoms. The van der Waals surface area contributed by atoms with Gasteiger partial charge in [0, 0.05) is 29.9 Å². The summed E-state index contributed by atoms with van der Waals surface area (Å²) in [6, 6.07) is 1.81. The lowest BCUT2D eigenvalue weighted by molar-refractivity contribution is 0.267. The van der Waals surface area contributed by atoms with Gasteiger partial charge in [-0.1, -0.05) is 6.07 Å². The molecule has 2 nitrogen and oxygen atoms in total. The molecular weight excluding hydrogens is 179 g/mol. The van der Waals surface area contributed by atoms with Crippen LogP contribution < -0.4 is 5.73 Å². The van der Waals surface area contributed by atoms with Gasteiger partial charge < -0.3 is 5.73 Å². The fourth-order valence-electron chi connectivity index (χ4n) is 1.33. The normalized spacial score (nSPS) is 14.1. The van der Waals surface area contributed by atoms with Crippen LogP contribution in [0.4, 0.5) is 4.39 Å². The van der Waals surface area contributed by atoms with Gasteiger partial charge in [0.15, 0.2) is 0 Å². The molecule has 0 aliphatic heterocycles. The summed E-state index contributed by atoms with van der Waals surface area (Å²) in [7, 11) is 0. The Balaban J connectivity index is 2.74. The molecule has 0 saturated heterocycles. The van der Waals surface area contributed by atoms with E-state index in [1.165, 1.54) is 0 Å². The van der Waals surface area contributed by atoms with E-state index in [9.17, 15) is 4.39 Å². The van der Waals surface area contributed by atoms with Crippen LogP contribution in [-0.2, 0) is 0 Å². The lowest BCUT2D eigenvalue weighted by atomic mass is 9.95. The first-order valence-electron chi connectivity index (χ1n) is 4.73. The molecule has 1 rings (SSSR count). The third-order valence-corrected chi connectivity index (χ3v) is 1.96. The molecule has 0 aromatic carbocycles. The molecule has 0 saturated carbocycles. The topological polar surface area (TPSA) is 38.9 Å². The van der Waals surface area contributed by atoms with Gasteiger partial charge in [0.1, 0.15) is 6.17 Å². The van der Waals surface area contributed by atoms with E-state index in [0.29, 0.717) is 12.0 Å². The highest BCUT2D eigenvalue weighted by Crippen LogP contribution is 2.25. The van der Waals surface area contributed by atoms with Crippen molar-refractivity contribution in [1.29, 1.82) is 0 Å². The minimum absolute atomic E-state index is 0.318. The predicted octanol–water partition coefficient (Wildman–Crippen LogP) is 2.53. The Labute approximate surface area is 84.3 Å². The van der Waals surface area contributed by atoms with Crippen molar-refractivity contribution in [3.63, 3.8) is 0 Å². The van der Waals surface area contributed by atoms with Gasteiger partial charge in [-0.15, -0.1) is 0 Å². The van der Waals surface area contributed by atoms with E-state index >= 15 is 0 Å². The molecule has 0 bridgehead atoms.